The molecular weight excluding hydrogens is 159 g/mol. The summed E-state index contributed by atoms with van der Waals surface area (Å²) in [6.45, 7) is 0. The fourth-order valence-electron chi connectivity index (χ4n) is 0. The zero-order valence-electron chi connectivity index (χ0n) is 6.01. The second-order valence-corrected chi connectivity index (χ2v) is 0.365. The smallest absolute Gasteiger partial charge is 1.44 e. The molecule has 4 nitrogen and oxygen atoms in total. The van der Waals surface area contributed by atoms with Gasteiger partial charge in [-0.1, -0.05) is 0 Å². The monoisotopic (exact) mass is 163 g/mol. The van der Waals surface area contributed by atoms with Crippen molar-refractivity contribution in [2.45, 2.75) is 0 Å². The molecule has 0 saturated carbocycles. The Hall–Kier alpha value is 1.68. The number of nitrogens with zero attached hydrogens (tertiary/aromatic N) is 2. The van der Waals surface area contributed by atoms with Gasteiger partial charge >= 0.3 is 54.8 Å². The van der Waals surface area contributed by atoms with Crippen molar-refractivity contribution < 1.29 is 64.3 Å². The molecule has 0 saturated heterocycles. The van der Waals surface area contributed by atoms with Gasteiger partial charge in [0.25, 0.3) is 0 Å². The molecule has 0 aliphatic carbocycles. The fourth-order valence-corrected chi connectivity index (χ4v) is 0. The maximum atomic E-state index is 7.07. The molecule has 0 aliphatic heterocycles. The van der Waals surface area contributed by atoms with E-state index in [1.807, 2.05) is 0 Å². The SMILES string of the molecule is BO[N-2].BO[N-2].[Cu+2].[Li+].[Li+]. The molecule has 9 heavy (non-hydrogen) atoms. The van der Waals surface area contributed by atoms with Crippen LogP contribution in [0.4, 0.5) is 0 Å². The zero-order valence-corrected chi connectivity index (χ0v) is 6.95. The zero-order chi connectivity index (χ0) is 5.41. The van der Waals surface area contributed by atoms with E-state index in [2.05, 4.69) is 9.51 Å². The van der Waals surface area contributed by atoms with Gasteiger partial charge in [0.15, 0.2) is 0 Å². The molecule has 0 aromatic rings. The van der Waals surface area contributed by atoms with E-state index in [0.717, 1.165) is 0 Å². The van der Waals surface area contributed by atoms with Crippen molar-refractivity contribution in [2.24, 2.45) is 0 Å². The molecule has 0 aromatic heterocycles. The minimum absolute atomic E-state index is 0. The third kappa shape index (κ3) is 202. The van der Waals surface area contributed by atoms with Gasteiger partial charge in [-0.3, -0.25) is 0 Å². The van der Waals surface area contributed by atoms with Gasteiger partial charge in [0, 0.05) is 0 Å². The summed E-state index contributed by atoms with van der Waals surface area (Å²) in [7, 11) is 2.36. The van der Waals surface area contributed by atoms with Crippen LogP contribution in [0.15, 0.2) is 0 Å². The fraction of sp³-hybridized carbons (Fsp3) is 0. The van der Waals surface area contributed by atoms with Crippen LogP contribution in [0.2, 0.25) is 0 Å². The largest absolute Gasteiger partial charge is 2.00 e. The quantitative estimate of drug-likeness (QED) is 0.263. The summed E-state index contributed by atoms with van der Waals surface area (Å²) < 4.78 is 6.50. The van der Waals surface area contributed by atoms with Gasteiger partial charge in [-0.25, -0.2) is 0 Å². The Bertz CT molecular complexity index is 22.5. The van der Waals surface area contributed by atoms with Crippen LogP contribution >= 0.6 is 0 Å². The summed E-state index contributed by atoms with van der Waals surface area (Å²) in [4.78, 5) is 0. The van der Waals surface area contributed by atoms with E-state index < -0.39 is 0 Å². The molecule has 0 aliphatic rings. The predicted molar refractivity (Wildman–Crippen MR) is 26.0 cm³/mol. The summed E-state index contributed by atoms with van der Waals surface area (Å²) >= 11 is 0. The van der Waals surface area contributed by atoms with Crippen molar-refractivity contribution in [1.82, 2.24) is 0 Å². The van der Waals surface area contributed by atoms with E-state index >= 15 is 0 Å². The minimum atomic E-state index is 0. The van der Waals surface area contributed by atoms with Gasteiger partial charge in [0.1, 0.15) is 0 Å². The summed E-state index contributed by atoms with van der Waals surface area (Å²) in [6, 6.07) is 0. The normalized spacial score (nSPS) is 3.78. The van der Waals surface area contributed by atoms with Crippen LogP contribution in [-0.4, -0.2) is 16.1 Å². The van der Waals surface area contributed by atoms with Crippen molar-refractivity contribution in [3.8, 4) is 0 Å². The third-order valence-electron chi connectivity index (χ3n) is 0. The van der Waals surface area contributed by atoms with Gasteiger partial charge in [-0.2, -0.15) is 0 Å². The van der Waals surface area contributed by atoms with E-state index in [0.29, 0.717) is 0 Å². The van der Waals surface area contributed by atoms with Gasteiger partial charge in [-0.05, 0) is 0 Å². The van der Waals surface area contributed by atoms with Crippen molar-refractivity contribution in [3.05, 3.63) is 11.8 Å². The van der Waals surface area contributed by atoms with Gasteiger partial charge < -0.3 is 21.3 Å². The van der Waals surface area contributed by atoms with Crippen LogP contribution in [-0.2, 0) is 26.6 Å². The molecule has 1 radical (unpaired) electrons. The molecule has 0 heterocycles. The second kappa shape index (κ2) is 53.8. The van der Waals surface area contributed by atoms with Crippen molar-refractivity contribution in [2.75, 3.05) is 0 Å². The van der Waals surface area contributed by atoms with Crippen LogP contribution in [0.5, 0.6) is 0 Å². The topological polar surface area (TPSA) is 63.1 Å². The van der Waals surface area contributed by atoms with E-state index in [1.165, 1.54) is 16.1 Å². The predicted octanol–water partition coefficient (Wildman–Crippen LogP) is -7.39. The van der Waals surface area contributed by atoms with E-state index in [9.17, 15) is 0 Å². The van der Waals surface area contributed by atoms with Gasteiger partial charge in [0.05, 0.1) is 0 Å². The first-order valence-electron chi connectivity index (χ1n) is 1.18. The average Bonchev–Trinajstić information content (AvgIpc) is 1.39. The molecule has 0 bridgehead atoms. The molecule has 9 heteroatoms. The van der Waals surface area contributed by atoms with Crippen molar-refractivity contribution in [1.29, 1.82) is 0 Å². The molecule has 0 atom stereocenters. The number of hydrogen-bond acceptors (Lipinski definition) is 2. The molecule has 0 aromatic carbocycles. The maximum Gasteiger partial charge on any atom is 2.00 e. The first-order valence-corrected chi connectivity index (χ1v) is 1.18. The Morgan fingerprint density at radius 1 is 0.889 bits per heavy atom. The molecule has 0 spiro atoms. The second-order valence-electron chi connectivity index (χ2n) is 0.365. The Morgan fingerprint density at radius 2 is 0.889 bits per heavy atom. The van der Waals surface area contributed by atoms with Crippen LogP contribution in [0.3, 0.4) is 0 Å². The van der Waals surface area contributed by atoms with E-state index in [4.69, 9.17) is 11.8 Å². The molecule has 0 rings (SSSR count). The van der Waals surface area contributed by atoms with E-state index in [1.54, 1.807) is 0 Å². The molecule has 0 N–H and O–H groups in total. The van der Waals surface area contributed by atoms with Gasteiger partial charge in [0.2, 0.25) is 16.1 Å². The Labute approximate surface area is 91.8 Å². The summed E-state index contributed by atoms with van der Waals surface area (Å²) in [5, 5.41) is 0. The molecule has 0 unspecified atom stereocenters. The third-order valence-corrected chi connectivity index (χ3v) is 0. The number of hydrogen-bond donors (Lipinski definition) is 0. The first kappa shape index (κ1) is 31.0. The summed E-state index contributed by atoms with van der Waals surface area (Å²) in [5.74, 6) is 14.1. The maximum absolute atomic E-state index is 7.07. The minimum Gasteiger partial charge on any atom is -1.44 e. The van der Waals surface area contributed by atoms with Crippen LogP contribution in [0.1, 0.15) is 0 Å². The Kier molecular flexibility index (Phi) is 185. The molecule has 0 fully saturated rings. The Morgan fingerprint density at radius 3 is 0.889 bits per heavy atom. The van der Waals surface area contributed by atoms with Crippen molar-refractivity contribution >= 4 is 16.1 Å². The molecule has 0 amide bonds. The molecule has 45 valence electrons. The first-order chi connectivity index (χ1) is 2.83. The van der Waals surface area contributed by atoms with Crippen LogP contribution in [0.25, 0.3) is 11.8 Å². The summed E-state index contributed by atoms with van der Waals surface area (Å²) in [6.07, 6.45) is 0. The Balaban J connectivity index is -0.00000000889. The summed E-state index contributed by atoms with van der Waals surface area (Å²) in [5.41, 5.74) is 0. The molecular formula is H4B2CuLi2N2O2. The number of rotatable bonds is 0. The van der Waals surface area contributed by atoms with Crippen LogP contribution in [0, 0.1) is 0 Å². The average molecular weight is 163 g/mol. The van der Waals surface area contributed by atoms with Crippen LogP contribution < -0.4 is 37.7 Å². The standard InChI is InChI=1S/2BH2NO.Cu.2Li/c2*1-3-2;;;/h2*1H2;;;/q2*-2;+2;2*+1. The van der Waals surface area contributed by atoms with Gasteiger partial charge in [-0.15, -0.1) is 0 Å². The van der Waals surface area contributed by atoms with Crippen molar-refractivity contribution in [3.63, 3.8) is 0 Å². The van der Waals surface area contributed by atoms with E-state index in [-0.39, 0.29) is 54.8 Å².